The highest BCUT2D eigenvalue weighted by atomic mass is 16.6. The van der Waals surface area contributed by atoms with Crippen molar-refractivity contribution in [1.82, 2.24) is 0 Å². The van der Waals surface area contributed by atoms with Gasteiger partial charge >= 0.3 is 0 Å². The van der Waals surface area contributed by atoms with E-state index in [-0.39, 0.29) is 23.3 Å². The van der Waals surface area contributed by atoms with E-state index in [0.717, 1.165) is 43.9 Å². The van der Waals surface area contributed by atoms with Gasteiger partial charge in [0.2, 0.25) is 0 Å². The first-order valence-corrected chi connectivity index (χ1v) is 12.9. The van der Waals surface area contributed by atoms with Crippen LogP contribution in [0.3, 0.4) is 0 Å². The molecule has 5 aromatic carbocycles. The van der Waals surface area contributed by atoms with E-state index in [4.69, 9.17) is 4.99 Å². The molecule has 0 radical (unpaired) electrons. The molecule has 5 heteroatoms. The molecule has 1 N–H and O–H groups in total. The van der Waals surface area contributed by atoms with Crippen molar-refractivity contribution in [2.45, 2.75) is 39.5 Å². The normalized spacial score (nSPS) is 11.8. The largest absolute Gasteiger partial charge is 0.507 e. The van der Waals surface area contributed by atoms with Crippen molar-refractivity contribution >= 4 is 39.1 Å². The molecule has 0 amide bonds. The number of para-hydroxylation sites is 1. The van der Waals surface area contributed by atoms with Crippen molar-refractivity contribution in [3.05, 3.63) is 112 Å². The van der Waals surface area contributed by atoms with Crippen molar-refractivity contribution in [1.29, 1.82) is 0 Å². The fourth-order valence-electron chi connectivity index (χ4n) is 5.13. The number of aliphatic imine (C=N–C) groups is 1. The zero-order valence-corrected chi connectivity index (χ0v) is 22.0. The first kappa shape index (κ1) is 25.2. The zero-order chi connectivity index (χ0) is 27.0. The van der Waals surface area contributed by atoms with Crippen LogP contribution in [0.2, 0.25) is 0 Å². The van der Waals surface area contributed by atoms with Gasteiger partial charge in [-0.25, -0.2) is 0 Å². The molecule has 0 saturated carbocycles. The lowest BCUT2D eigenvalue weighted by Gasteiger charge is -2.17. The average molecular weight is 503 g/mol. The monoisotopic (exact) mass is 502 g/mol. The summed E-state index contributed by atoms with van der Waals surface area (Å²) < 4.78 is 0. The van der Waals surface area contributed by atoms with E-state index in [1.165, 1.54) is 12.1 Å². The van der Waals surface area contributed by atoms with Crippen LogP contribution in [0.1, 0.15) is 56.2 Å². The summed E-state index contributed by atoms with van der Waals surface area (Å²) in [5, 5.41) is 27.4. The van der Waals surface area contributed by atoms with Crippen molar-refractivity contribution in [3.8, 4) is 16.9 Å². The van der Waals surface area contributed by atoms with Crippen LogP contribution in [0.25, 0.3) is 32.7 Å². The lowest BCUT2D eigenvalue weighted by atomic mass is 9.90. The quantitative estimate of drug-likeness (QED) is 0.109. The number of phenolic OH excluding ortho intramolecular Hbond substituents is 1. The molecule has 0 unspecified atom stereocenters. The number of hydrogen-bond acceptors (Lipinski definition) is 4. The molecule has 5 nitrogen and oxygen atoms in total. The van der Waals surface area contributed by atoms with Crippen LogP contribution >= 0.6 is 0 Å². The second-order valence-corrected chi connectivity index (χ2v) is 10.2. The Labute approximate surface area is 222 Å². The summed E-state index contributed by atoms with van der Waals surface area (Å²) >= 11 is 0. The minimum atomic E-state index is -0.421. The van der Waals surface area contributed by atoms with Crippen LogP contribution in [0, 0.1) is 10.1 Å². The van der Waals surface area contributed by atoms with Gasteiger partial charge in [-0.3, -0.25) is 15.1 Å². The van der Waals surface area contributed by atoms with Crippen molar-refractivity contribution < 1.29 is 10.0 Å². The molecular formula is C33H30N2O3. The minimum absolute atomic E-state index is 0.0334. The van der Waals surface area contributed by atoms with E-state index in [0.29, 0.717) is 11.1 Å². The molecule has 0 aliphatic heterocycles. The highest BCUT2D eigenvalue weighted by Gasteiger charge is 2.21. The number of aromatic hydroxyl groups is 1. The Morgan fingerprint density at radius 1 is 0.789 bits per heavy atom. The molecular weight excluding hydrogens is 472 g/mol. The second-order valence-electron chi connectivity index (χ2n) is 10.2. The van der Waals surface area contributed by atoms with E-state index >= 15 is 0 Å². The summed E-state index contributed by atoms with van der Waals surface area (Å²) in [6.07, 6.45) is 1.56. The molecule has 5 aromatic rings. The number of nitrogens with zero attached hydrogens (tertiary/aromatic N) is 2. The van der Waals surface area contributed by atoms with Gasteiger partial charge < -0.3 is 5.11 Å². The van der Waals surface area contributed by atoms with E-state index < -0.39 is 4.92 Å². The van der Waals surface area contributed by atoms with Crippen LogP contribution in [-0.4, -0.2) is 16.2 Å². The molecule has 0 aliphatic carbocycles. The molecule has 0 spiro atoms. The Balaban J connectivity index is 1.79. The molecule has 0 aliphatic rings. The van der Waals surface area contributed by atoms with E-state index in [1.807, 2.05) is 54.6 Å². The number of fused-ring (bicyclic) bond motifs is 2. The standard InChI is InChI=1S/C33H30N2O3/c1-20(2)26-14-9-15-27(21(3)4)32(26)34-19-24-17-25(35(37)38)18-30(33(24)36)31-28-12-7-5-10-22(28)16-23-11-6-8-13-29(23)31/h5-21,36H,1-4H3. The van der Waals surface area contributed by atoms with Crippen molar-refractivity contribution in [2.24, 2.45) is 4.99 Å². The Morgan fingerprint density at radius 2 is 1.34 bits per heavy atom. The third-order valence-corrected chi connectivity index (χ3v) is 7.05. The van der Waals surface area contributed by atoms with Gasteiger partial charge in [-0.15, -0.1) is 0 Å². The van der Waals surface area contributed by atoms with Gasteiger partial charge in [0.1, 0.15) is 5.75 Å². The fraction of sp³-hybridized carbons (Fsp3) is 0.182. The molecule has 38 heavy (non-hydrogen) atoms. The van der Waals surface area contributed by atoms with E-state index in [2.05, 4.69) is 45.9 Å². The zero-order valence-electron chi connectivity index (χ0n) is 22.0. The SMILES string of the molecule is CC(C)c1cccc(C(C)C)c1N=Cc1cc([N+](=O)[O-])cc(-c2c3ccccc3cc3ccccc23)c1O. The summed E-state index contributed by atoms with van der Waals surface area (Å²) in [6.45, 7) is 8.47. The number of nitro groups is 1. The summed E-state index contributed by atoms with van der Waals surface area (Å²) in [6, 6.07) is 26.9. The topological polar surface area (TPSA) is 75.7 Å². The van der Waals surface area contributed by atoms with Gasteiger partial charge in [-0.1, -0.05) is 94.4 Å². The van der Waals surface area contributed by atoms with Crippen LogP contribution in [0.4, 0.5) is 11.4 Å². The fourth-order valence-corrected chi connectivity index (χ4v) is 5.13. The van der Waals surface area contributed by atoms with E-state index in [9.17, 15) is 15.2 Å². The van der Waals surface area contributed by atoms with Crippen molar-refractivity contribution in [3.63, 3.8) is 0 Å². The number of nitro benzene ring substituents is 1. The third-order valence-electron chi connectivity index (χ3n) is 7.05. The molecule has 0 aromatic heterocycles. The summed E-state index contributed by atoms with van der Waals surface area (Å²) in [4.78, 5) is 16.4. The van der Waals surface area contributed by atoms with Crippen LogP contribution in [0.5, 0.6) is 5.75 Å². The molecule has 190 valence electrons. The lowest BCUT2D eigenvalue weighted by Crippen LogP contribution is -1.97. The summed E-state index contributed by atoms with van der Waals surface area (Å²) in [7, 11) is 0. The summed E-state index contributed by atoms with van der Waals surface area (Å²) in [5.74, 6) is 0.461. The first-order valence-electron chi connectivity index (χ1n) is 12.9. The van der Waals surface area contributed by atoms with Gasteiger partial charge in [-0.2, -0.15) is 0 Å². The smallest absolute Gasteiger partial charge is 0.270 e. The number of non-ortho nitro benzene ring substituents is 1. The van der Waals surface area contributed by atoms with Crippen LogP contribution < -0.4 is 0 Å². The Bertz CT molecular complexity index is 1640. The third kappa shape index (κ3) is 4.52. The minimum Gasteiger partial charge on any atom is -0.507 e. The van der Waals surface area contributed by atoms with E-state index in [1.54, 1.807) is 6.21 Å². The Kier molecular flexibility index (Phi) is 6.68. The molecule has 0 heterocycles. The van der Waals surface area contributed by atoms with Crippen LogP contribution in [-0.2, 0) is 0 Å². The van der Waals surface area contributed by atoms with Gasteiger partial charge in [0.05, 0.1) is 10.6 Å². The first-order chi connectivity index (χ1) is 18.3. The number of benzene rings is 5. The Morgan fingerprint density at radius 3 is 1.87 bits per heavy atom. The maximum absolute atomic E-state index is 12.0. The van der Waals surface area contributed by atoms with Gasteiger partial charge in [-0.05, 0) is 50.6 Å². The van der Waals surface area contributed by atoms with Crippen LogP contribution in [0.15, 0.2) is 89.9 Å². The predicted molar refractivity (Wildman–Crippen MR) is 157 cm³/mol. The molecule has 0 bridgehead atoms. The van der Waals surface area contributed by atoms with Gasteiger partial charge in [0.25, 0.3) is 5.69 Å². The number of rotatable bonds is 6. The highest BCUT2D eigenvalue weighted by molar-refractivity contribution is 6.14. The van der Waals surface area contributed by atoms with Gasteiger partial charge in [0, 0.05) is 35.0 Å². The highest BCUT2D eigenvalue weighted by Crippen LogP contribution is 2.43. The number of hydrogen-bond donors (Lipinski definition) is 1. The maximum atomic E-state index is 12.0. The molecule has 5 rings (SSSR count). The maximum Gasteiger partial charge on any atom is 0.270 e. The molecule has 0 atom stereocenters. The summed E-state index contributed by atoms with van der Waals surface area (Å²) in [5.41, 5.74) is 4.42. The lowest BCUT2D eigenvalue weighted by molar-refractivity contribution is -0.384. The molecule has 0 fully saturated rings. The average Bonchev–Trinajstić information content (AvgIpc) is 2.90. The second kappa shape index (κ2) is 10.1. The number of phenols is 1. The van der Waals surface area contributed by atoms with Crippen molar-refractivity contribution in [2.75, 3.05) is 0 Å². The van der Waals surface area contributed by atoms with Gasteiger partial charge in [0.15, 0.2) is 0 Å². The molecule has 0 saturated heterocycles. The Hall–Kier alpha value is -4.51. The predicted octanol–water partition coefficient (Wildman–Crippen LogP) is 9.27.